The number of hydrogen-bond donors (Lipinski definition) is 0. The van der Waals surface area contributed by atoms with E-state index in [1.54, 1.807) is 5.56 Å². The lowest BCUT2D eigenvalue weighted by Crippen LogP contribution is -2.48. The summed E-state index contributed by atoms with van der Waals surface area (Å²) in [6.07, 6.45) is 13.8. The number of benzene rings is 6. The van der Waals surface area contributed by atoms with Crippen molar-refractivity contribution in [3.63, 3.8) is 0 Å². The fourth-order valence-corrected chi connectivity index (χ4v) is 17.3. The molecule has 4 heteroatoms. The lowest BCUT2D eigenvalue weighted by molar-refractivity contribution is 0.0209. The van der Waals surface area contributed by atoms with E-state index >= 15 is 0 Å². The van der Waals surface area contributed by atoms with Gasteiger partial charge in [0, 0.05) is 27.8 Å². The molecule has 1 spiro atoms. The van der Waals surface area contributed by atoms with Crippen LogP contribution in [0.15, 0.2) is 140 Å². The summed E-state index contributed by atoms with van der Waals surface area (Å²) in [5.74, 6) is 11.2. The molecule has 10 atom stereocenters. The molecule has 0 amide bonds. The van der Waals surface area contributed by atoms with E-state index in [0.717, 1.165) is 93.0 Å². The average Bonchev–Trinajstić information content (AvgIpc) is 3.96. The summed E-state index contributed by atoms with van der Waals surface area (Å²) >= 11 is 0. The highest BCUT2D eigenvalue weighted by Crippen LogP contribution is 2.74. The highest BCUT2D eigenvalue weighted by Gasteiger charge is 2.67. The number of para-hydroxylation sites is 2. The number of nitrogens with zero attached hydrogens (tertiary/aromatic N) is 3. The molecule has 9 aliphatic rings. The predicted molar refractivity (Wildman–Crippen MR) is 262 cm³/mol. The second-order valence-electron chi connectivity index (χ2n) is 22.5. The Bertz CT molecular complexity index is 3080. The van der Waals surface area contributed by atoms with Crippen molar-refractivity contribution in [1.82, 2.24) is 15.0 Å². The molecular weight excluding hydrogens is 803 g/mol. The summed E-state index contributed by atoms with van der Waals surface area (Å²) in [4.78, 5) is 16.3. The van der Waals surface area contributed by atoms with Gasteiger partial charge in [-0.05, 0) is 180 Å². The van der Waals surface area contributed by atoms with Gasteiger partial charge in [0.15, 0.2) is 17.5 Å². The van der Waals surface area contributed by atoms with Gasteiger partial charge in [-0.15, -0.1) is 0 Å². The van der Waals surface area contributed by atoms with Crippen molar-refractivity contribution in [1.29, 1.82) is 0 Å². The van der Waals surface area contributed by atoms with E-state index in [4.69, 9.17) is 19.7 Å². The van der Waals surface area contributed by atoms with Gasteiger partial charge in [0.2, 0.25) is 0 Å². The van der Waals surface area contributed by atoms with Crippen LogP contribution < -0.4 is 4.74 Å². The topological polar surface area (TPSA) is 47.9 Å². The van der Waals surface area contributed by atoms with Crippen LogP contribution in [0.2, 0.25) is 0 Å². The minimum absolute atomic E-state index is 0.200. The Morgan fingerprint density at radius 1 is 0.515 bits per heavy atom. The van der Waals surface area contributed by atoms with Crippen LogP contribution in [0.1, 0.15) is 111 Å². The molecule has 6 aromatic carbocycles. The fourth-order valence-electron chi connectivity index (χ4n) is 17.3. The monoisotopic (exact) mass is 859 g/mol. The molecule has 1 aliphatic heterocycles. The van der Waals surface area contributed by atoms with Crippen LogP contribution in [-0.4, -0.2) is 15.0 Å². The Morgan fingerprint density at radius 3 is 1.86 bits per heavy atom. The minimum atomic E-state index is -0.518. The molecule has 8 bridgehead atoms. The van der Waals surface area contributed by atoms with Crippen molar-refractivity contribution in [3.05, 3.63) is 173 Å². The first-order valence-electron chi connectivity index (χ1n) is 25.5. The van der Waals surface area contributed by atoms with Crippen molar-refractivity contribution < 1.29 is 4.74 Å². The van der Waals surface area contributed by atoms with Gasteiger partial charge in [-0.2, -0.15) is 0 Å². The van der Waals surface area contributed by atoms with Crippen molar-refractivity contribution in [2.45, 2.75) is 94.3 Å². The van der Waals surface area contributed by atoms with Gasteiger partial charge in [0.1, 0.15) is 11.5 Å². The minimum Gasteiger partial charge on any atom is -0.457 e. The van der Waals surface area contributed by atoms with E-state index < -0.39 is 5.41 Å². The highest BCUT2D eigenvalue weighted by molar-refractivity contribution is 5.90. The first-order chi connectivity index (χ1) is 32.4. The molecule has 7 aromatic rings. The Kier molecular flexibility index (Phi) is 7.89. The Morgan fingerprint density at radius 2 is 1.15 bits per heavy atom. The summed E-state index contributed by atoms with van der Waals surface area (Å²) in [6.45, 7) is 4.94. The summed E-state index contributed by atoms with van der Waals surface area (Å²) in [6, 6.07) is 52.1. The van der Waals surface area contributed by atoms with E-state index in [0.29, 0.717) is 5.41 Å². The maximum absolute atomic E-state index is 6.62. The first kappa shape index (κ1) is 38.3. The van der Waals surface area contributed by atoms with Crippen LogP contribution in [0.25, 0.3) is 45.3 Å². The molecule has 0 saturated heterocycles. The zero-order valence-corrected chi connectivity index (χ0v) is 38.2. The zero-order valence-electron chi connectivity index (χ0n) is 38.2. The number of ether oxygens (including phenoxy) is 1. The Labute approximate surface area is 389 Å². The van der Waals surface area contributed by atoms with Crippen molar-refractivity contribution in [3.8, 4) is 56.8 Å². The molecule has 0 radical (unpaired) electrons. The molecule has 7 saturated carbocycles. The van der Waals surface area contributed by atoms with Crippen molar-refractivity contribution in [2.75, 3.05) is 0 Å². The Balaban J connectivity index is 0.883. The number of rotatable bonds is 6. The first-order valence-corrected chi connectivity index (χ1v) is 25.5. The largest absolute Gasteiger partial charge is 0.457 e. The second-order valence-corrected chi connectivity index (χ2v) is 22.5. The number of fused-ring (bicyclic) bond motifs is 11. The maximum Gasteiger partial charge on any atom is 0.164 e. The predicted octanol–water partition coefficient (Wildman–Crippen LogP) is 14.8. The van der Waals surface area contributed by atoms with Gasteiger partial charge in [-0.1, -0.05) is 129 Å². The van der Waals surface area contributed by atoms with Crippen molar-refractivity contribution >= 4 is 0 Å². The normalized spacial score (nSPS) is 31.7. The van der Waals surface area contributed by atoms with E-state index in [1.807, 2.05) is 0 Å². The van der Waals surface area contributed by atoms with Crippen LogP contribution >= 0.6 is 0 Å². The number of hydrogen-bond acceptors (Lipinski definition) is 4. The van der Waals surface area contributed by atoms with Gasteiger partial charge in [-0.25, -0.2) is 15.0 Å². The summed E-state index contributed by atoms with van der Waals surface area (Å²) in [5, 5.41) is 0. The van der Waals surface area contributed by atoms with Crippen LogP contribution in [0.3, 0.4) is 0 Å². The molecule has 16 rings (SSSR count). The smallest absolute Gasteiger partial charge is 0.164 e. The van der Waals surface area contributed by atoms with Crippen LogP contribution in [0.5, 0.6) is 11.5 Å². The molecule has 1 aromatic heterocycles. The summed E-state index contributed by atoms with van der Waals surface area (Å²) in [5.41, 5.74) is 13.6. The molecule has 0 N–H and O–H groups in total. The van der Waals surface area contributed by atoms with E-state index in [-0.39, 0.29) is 5.41 Å². The quantitative estimate of drug-likeness (QED) is 0.167. The summed E-state index contributed by atoms with van der Waals surface area (Å²) < 4.78 is 6.62. The lowest BCUT2D eigenvalue weighted by Gasteiger charge is -2.53. The van der Waals surface area contributed by atoms with E-state index in [1.165, 1.54) is 103 Å². The lowest BCUT2D eigenvalue weighted by atomic mass is 9.51. The SMILES string of the molecule is CCC1(c2cccc(-c3nc(-c4ccc(C56CC7C[C@@H]8C[C@@H](C[C@@H]7C85)C6)cc4)nc(-c4ccc5c(c4)-c4ccccc4C54c5ccccc5Oc5ccccc54)n3)c2)CC2CC[C@H](C1)C2C. The highest BCUT2D eigenvalue weighted by atomic mass is 16.5. The van der Waals surface area contributed by atoms with Gasteiger partial charge >= 0.3 is 0 Å². The number of aromatic nitrogens is 3. The van der Waals surface area contributed by atoms with E-state index in [9.17, 15) is 0 Å². The molecule has 8 aliphatic carbocycles. The average molecular weight is 860 g/mol. The van der Waals surface area contributed by atoms with Crippen LogP contribution in [0.4, 0.5) is 0 Å². The third-order valence-corrected chi connectivity index (χ3v) is 19.9. The molecule has 66 heavy (non-hydrogen) atoms. The van der Waals surface area contributed by atoms with Gasteiger partial charge in [0.25, 0.3) is 0 Å². The molecule has 7 fully saturated rings. The Hall–Kier alpha value is -5.87. The zero-order chi connectivity index (χ0) is 43.5. The third-order valence-electron chi connectivity index (χ3n) is 19.9. The standard InChI is InChI=1S/C62H57N3O/c1-3-60(33-41-19-20-42(34-60)36(41)2)46-12-10-11-39(30-46)58-63-57(38-21-24-45(25-22-38)61-32-37-27-43-29-44(35-61)48(28-37)56(43)61)64-59(65-58)40-23-26-51-49(31-40)47-13-4-5-14-50(47)62(51)52-15-6-8-17-54(52)66-55-18-9-7-16-53(55)62/h4-18,21-26,30-31,36-37,41-44,48,56H,3,19-20,27-29,32-35H2,1-2H3/t36?,37-,41+,42?,43-,44?,48-,56?,60?,61?/m0/s1. The molecule has 4 nitrogen and oxygen atoms in total. The van der Waals surface area contributed by atoms with Gasteiger partial charge < -0.3 is 4.74 Å². The summed E-state index contributed by atoms with van der Waals surface area (Å²) in [7, 11) is 0. The van der Waals surface area contributed by atoms with Gasteiger partial charge in [0.05, 0.1) is 5.41 Å². The molecular formula is C62H57N3O. The van der Waals surface area contributed by atoms with Crippen molar-refractivity contribution in [2.24, 2.45) is 47.3 Å². The van der Waals surface area contributed by atoms with Crippen LogP contribution in [0, 0.1) is 47.3 Å². The molecule has 326 valence electrons. The third kappa shape index (κ3) is 5.03. The molecule has 2 heterocycles. The van der Waals surface area contributed by atoms with Crippen LogP contribution in [-0.2, 0) is 16.2 Å². The maximum atomic E-state index is 6.62. The fraction of sp³-hybridized carbons (Fsp3) is 0.371. The molecule has 6 unspecified atom stereocenters. The second kappa shape index (κ2) is 13.6. The van der Waals surface area contributed by atoms with E-state index in [2.05, 4.69) is 153 Å². The van der Waals surface area contributed by atoms with Gasteiger partial charge in [-0.3, -0.25) is 0 Å².